The van der Waals surface area contributed by atoms with Gasteiger partial charge in [0.05, 0.1) is 29.8 Å². The lowest BCUT2D eigenvalue weighted by Gasteiger charge is -2.37. The number of nitrogens with zero attached hydrogens (tertiary/aromatic N) is 2. The number of esters is 1. The highest BCUT2D eigenvalue weighted by molar-refractivity contribution is 8.16. The highest BCUT2D eigenvalue weighted by atomic mass is 35.5. The third-order valence-corrected chi connectivity index (χ3v) is 6.84. The zero-order valence-electron chi connectivity index (χ0n) is 19.9. The van der Waals surface area contributed by atoms with Crippen LogP contribution in [0.3, 0.4) is 0 Å². The standard InChI is InChI=1S/C25H30ClN3O4S/c1-15-21(23(31)33-25(2,3)4)22(16-7-9-17(26)10-8-16)29-18(14-34-24(29)28-15)12-20(30)27-13-19-6-5-11-32-19/h7-10,14,19,22H,5-6,11-13H2,1-4H3,(H,27,30). The van der Waals surface area contributed by atoms with Gasteiger partial charge in [0.15, 0.2) is 5.17 Å². The number of thioether (sulfide) groups is 1. The Morgan fingerprint density at radius 1 is 1.29 bits per heavy atom. The summed E-state index contributed by atoms with van der Waals surface area (Å²) in [5, 5.41) is 6.24. The molecule has 2 atom stereocenters. The molecular weight excluding hydrogens is 474 g/mol. The van der Waals surface area contributed by atoms with Crippen LogP contribution in [0.15, 0.2) is 51.6 Å². The van der Waals surface area contributed by atoms with E-state index in [9.17, 15) is 9.59 Å². The van der Waals surface area contributed by atoms with Crippen molar-refractivity contribution in [3.63, 3.8) is 0 Å². The fourth-order valence-electron chi connectivity index (χ4n) is 4.18. The molecule has 0 aromatic heterocycles. The van der Waals surface area contributed by atoms with Crippen LogP contribution in [0.2, 0.25) is 5.02 Å². The van der Waals surface area contributed by atoms with Crippen molar-refractivity contribution in [2.45, 2.75) is 64.7 Å². The van der Waals surface area contributed by atoms with E-state index in [0.29, 0.717) is 22.8 Å². The summed E-state index contributed by atoms with van der Waals surface area (Å²) in [6, 6.07) is 6.90. The minimum atomic E-state index is -0.653. The van der Waals surface area contributed by atoms with Crippen molar-refractivity contribution in [3.8, 4) is 0 Å². The average molecular weight is 504 g/mol. The van der Waals surface area contributed by atoms with E-state index in [1.807, 2.05) is 50.1 Å². The van der Waals surface area contributed by atoms with Crippen LogP contribution in [0.25, 0.3) is 0 Å². The van der Waals surface area contributed by atoms with Gasteiger partial charge in [-0.3, -0.25) is 4.79 Å². The van der Waals surface area contributed by atoms with Gasteiger partial charge in [-0.15, -0.1) is 0 Å². The molecule has 1 fully saturated rings. The maximum atomic E-state index is 13.3. The molecule has 2 unspecified atom stereocenters. The van der Waals surface area contributed by atoms with Crippen LogP contribution in [0.5, 0.6) is 0 Å². The monoisotopic (exact) mass is 503 g/mol. The third-order valence-electron chi connectivity index (χ3n) is 5.70. The first-order chi connectivity index (χ1) is 16.1. The lowest BCUT2D eigenvalue weighted by molar-refractivity contribution is -0.150. The van der Waals surface area contributed by atoms with Crippen LogP contribution in [-0.2, 0) is 19.1 Å². The number of amides is 1. The molecule has 0 saturated carbocycles. The zero-order chi connectivity index (χ0) is 24.5. The number of benzene rings is 1. The van der Waals surface area contributed by atoms with Crippen LogP contribution >= 0.6 is 23.4 Å². The van der Waals surface area contributed by atoms with E-state index in [4.69, 9.17) is 26.1 Å². The Morgan fingerprint density at radius 2 is 2.03 bits per heavy atom. The Balaban J connectivity index is 1.61. The van der Waals surface area contributed by atoms with Crippen molar-refractivity contribution in [2.24, 2.45) is 4.99 Å². The van der Waals surface area contributed by atoms with Crippen LogP contribution < -0.4 is 5.32 Å². The lowest BCUT2D eigenvalue weighted by atomic mass is 9.93. The van der Waals surface area contributed by atoms with E-state index in [2.05, 4.69) is 5.32 Å². The van der Waals surface area contributed by atoms with Gasteiger partial charge in [0.2, 0.25) is 5.91 Å². The predicted molar refractivity (Wildman–Crippen MR) is 134 cm³/mol. The largest absolute Gasteiger partial charge is 0.456 e. The van der Waals surface area contributed by atoms with E-state index in [1.54, 1.807) is 12.1 Å². The van der Waals surface area contributed by atoms with Gasteiger partial charge in [-0.2, -0.15) is 0 Å². The molecule has 4 rings (SSSR count). The van der Waals surface area contributed by atoms with E-state index in [0.717, 1.165) is 35.9 Å². The second-order valence-electron chi connectivity index (χ2n) is 9.56. The smallest absolute Gasteiger partial charge is 0.338 e. The van der Waals surface area contributed by atoms with E-state index >= 15 is 0 Å². The summed E-state index contributed by atoms with van der Waals surface area (Å²) in [5.41, 5.74) is 2.05. The molecule has 1 N–H and O–H groups in total. The zero-order valence-corrected chi connectivity index (χ0v) is 21.5. The number of hydrogen-bond donors (Lipinski definition) is 1. The van der Waals surface area contributed by atoms with Crippen molar-refractivity contribution in [2.75, 3.05) is 13.2 Å². The number of hydrogen-bond acceptors (Lipinski definition) is 7. The predicted octanol–water partition coefficient (Wildman–Crippen LogP) is 4.94. The number of carbonyl (C=O) groups excluding carboxylic acids is 2. The summed E-state index contributed by atoms with van der Waals surface area (Å²) >= 11 is 7.59. The molecule has 0 bridgehead atoms. The van der Waals surface area contributed by atoms with Gasteiger partial charge >= 0.3 is 5.97 Å². The molecule has 1 aromatic carbocycles. The first kappa shape index (κ1) is 24.8. The van der Waals surface area contributed by atoms with Crippen LogP contribution in [0.1, 0.15) is 58.6 Å². The number of ether oxygens (including phenoxy) is 2. The third kappa shape index (κ3) is 5.67. The molecule has 3 aliphatic heterocycles. The summed E-state index contributed by atoms with van der Waals surface area (Å²) in [5.74, 6) is -0.518. The van der Waals surface area contributed by atoms with Crippen LogP contribution in [-0.4, -0.2) is 46.8 Å². The fraction of sp³-hybridized carbons (Fsp3) is 0.480. The molecule has 0 spiro atoms. The number of halogens is 1. The molecule has 0 radical (unpaired) electrons. The summed E-state index contributed by atoms with van der Waals surface area (Å²) in [4.78, 5) is 32.8. The van der Waals surface area contributed by atoms with Crippen molar-refractivity contribution < 1.29 is 19.1 Å². The molecule has 3 heterocycles. The summed E-state index contributed by atoms with van der Waals surface area (Å²) < 4.78 is 11.3. The molecule has 0 aliphatic carbocycles. The molecular formula is C25H30ClN3O4S. The lowest BCUT2D eigenvalue weighted by Crippen LogP contribution is -2.39. The molecule has 3 aliphatic rings. The highest BCUT2D eigenvalue weighted by Gasteiger charge is 2.41. The molecule has 1 amide bonds. The Bertz CT molecular complexity index is 1050. The van der Waals surface area contributed by atoms with Gasteiger partial charge < -0.3 is 19.7 Å². The second kappa shape index (κ2) is 10.1. The molecule has 1 saturated heterocycles. The SMILES string of the molecule is CC1=C(C(=O)OC(C)(C)C)C(c2ccc(Cl)cc2)N2C(CC(=O)NCC3CCCO3)=CSC2=N1. The summed E-state index contributed by atoms with van der Waals surface area (Å²) in [7, 11) is 0. The topological polar surface area (TPSA) is 80.2 Å². The van der Waals surface area contributed by atoms with Gasteiger partial charge in [0.25, 0.3) is 0 Å². The number of amidine groups is 1. The Kier molecular flexibility index (Phi) is 7.40. The molecule has 7 nitrogen and oxygen atoms in total. The number of allylic oxidation sites excluding steroid dienone is 1. The van der Waals surface area contributed by atoms with E-state index in [1.165, 1.54) is 11.8 Å². The van der Waals surface area contributed by atoms with Crippen molar-refractivity contribution in [3.05, 3.63) is 57.2 Å². The van der Waals surface area contributed by atoms with E-state index < -0.39 is 17.6 Å². The van der Waals surface area contributed by atoms with E-state index in [-0.39, 0.29) is 18.4 Å². The average Bonchev–Trinajstić information content (AvgIpc) is 3.41. The van der Waals surface area contributed by atoms with Gasteiger partial charge in [0.1, 0.15) is 5.60 Å². The number of nitrogens with one attached hydrogen (secondary N) is 1. The Labute approximate surface area is 209 Å². The molecule has 9 heteroatoms. The van der Waals surface area contributed by atoms with Gasteiger partial charge in [-0.25, -0.2) is 9.79 Å². The van der Waals surface area contributed by atoms with Crippen molar-refractivity contribution in [1.29, 1.82) is 0 Å². The van der Waals surface area contributed by atoms with Crippen LogP contribution in [0, 0.1) is 0 Å². The quantitative estimate of drug-likeness (QED) is 0.554. The fourth-order valence-corrected chi connectivity index (χ4v) is 5.27. The van der Waals surface area contributed by atoms with Crippen LogP contribution in [0.4, 0.5) is 0 Å². The normalized spacial score (nSPS) is 22.3. The molecule has 182 valence electrons. The first-order valence-corrected chi connectivity index (χ1v) is 12.7. The number of rotatable bonds is 6. The Hall–Kier alpha value is -2.29. The first-order valence-electron chi connectivity index (χ1n) is 11.4. The Morgan fingerprint density at radius 3 is 2.68 bits per heavy atom. The maximum absolute atomic E-state index is 13.3. The van der Waals surface area contributed by atoms with Gasteiger partial charge in [-0.1, -0.05) is 35.5 Å². The minimum absolute atomic E-state index is 0.0779. The number of carbonyl (C=O) groups is 2. The summed E-state index contributed by atoms with van der Waals surface area (Å²) in [6.45, 7) is 8.58. The minimum Gasteiger partial charge on any atom is -0.456 e. The van der Waals surface area contributed by atoms with Crippen molar-refractivity contribution in [1.82, 2.24) is 10.2 Å². The molecule has 34 heavy (non-hydrogen) atoms. The maximum Gasteiger partial charge on any atom is 0.338 e. The van der Waals surface area contributed by atoms with Crippen molar-refractivity contribution >= 4 is 40.4 Å². The molecule has 1 aromatic rings. The van der Waals surface area contributed by atoms with Gasteiger partial charge in [-0.05, 0) is 63.6 Å². The van der Waals surface area contributed by atoms with Gasteiger partial charge in [0, 0.05) is 23.9 Å². The second-order valence-corrected chi connectivity index (χ2v) is 10.8. The highest BCUT2D eigenvalue weighted by Crippen LogP contribution is 2.45. The summed E-state index contributed by atoms with van der Waals surface area (Å²) in [6.07, 6.45) is 2.24. The number of aliphatic imine (C=N–C) groups is 1. The number of fused-ring (bicyclic) bond motifs is 1.